The molecular weight excluding hydrogens is 350 g/mol. The maximum atomic E-state index is 6.08. The van der Waals surface area contributed by atoms with E-state index in [0.29, 0.717) is 11.6 Å². The molecule has 0 aromatic heterocycles. The van der Waals surface area contributed by atoms with Crippen molar-refractivity contribution in [3.63, 3.8) is 0 Å². The minimum Gasteiger partial charge on any atom is -0.489 e. The Bertz CT molecular complexity index is 603. The first-order valence-electron chi connectivity index (χ1n) is 6.99. The van der Waals surface area contributed by atoms with E-state index in [2.05, 4.69) is 22.9 Å². The van der Waals surface area contributed by atoms with E-state index in [-0.39, 0.29) is 6.04 Å². The lowest BCUT2D eigenvalue weighted by Gasteiger charge is -2.15. The Balaban J connectivity index is 2.11. The van der Waals surface area contributed by atoms with Crippen LogP contribution in [0.3, 0.4) is 0 Å². The van der Waals surface area contributed by atoms with Gasteiger partial charge < -0.3 is 10.5 Å². The lowest BCUT2D eigenvalue weighted by Crippen LogP contribution is -2.21. The van der Waals surface area contributed by atoms with Crippen LogP contribution in [-0.4, -0.2) is 6.04 Å². The Labute approximate surface area is 139 Å². The molecule has 2 nitrogen and oxygen atoms in total. The van der Waals surface area contributed by atoms with Gasteiger partial charge in [0.25, 0.3) is 0 Å². The molecule has 0 saturated carbocycles. The zero-order valence-corrected chi connectivity index (χ0v) is 14.3. The summed E-state index contributed by atoms with van der Waals surface area (Å²) >= 11 is 9.54. The zero-order valence-electron chi connectivity index (χ0n) is 12.0. The molecule has 2 N–H and O–H groups in total. The van der Waals surface area contributed by atoms with Crippen LogP contribution in [0.4, 0.5) is 0 Å². The number of benzene rings is 2. The van der Waals surface area contributed by atoms with Crippen molar-refractivity contribution in [3.05, 3.63) is 63.1 Å². The van der Waals surface area contributed by atoms with Gasteiger partial charge in [-0.15, -0.1) is 0 Å². The molecule has 2 aromatic rings. The Morgan fingerprint density at radius 1 is 1.24 bits per heavy atom. The van der Waals surface area contributed by atoms with Gasteiger partial charge in [-0.25, -0.2) is 0 Å². The van der Waals surface area contributed by atoms with E-state index in [1.54, 1.807) is 0 Å². The van der Waals surface area contributed by atoms with Crippen molar-refractivity contribution in [2.24, 2.45) is 5.73 Å². The Morgan fingerprint density at radius 3 is 2.76 bits per heavy atom. The fourth-order valence-electron chi connectivity index (χ4n) is 2.06. The number of rotatable bonds is 6. The van der Waals surface area contributed by atoms with Crippen LogP contribution < -0.4 is 10.5 Å². The molecule has 1 atom stereocenters. The zero-order chi connectivity index (χ0) is 15.2. The first kappa shape index (κ1) is 16.3. The first-order valence-corrected chi connectivity index (χ1v) is 8.17. The summed E-state index contributed by atoms with van der Waals surface area (Å²) in [5.74, 6) is 0.850. The second-order valence-electron chi connectivity index (χ2n) is 5.04. The molecule has 0 spiro atoms. The van der Waals surface area contributed by atoms with Crippen LogP contribution in [-0.2, 0) is 13.0 Å². The fraction of sp³-hybridized carbons (Fsp3) is 0.294. The molecule has 0 aliphatic heterocycles. The largest absolute Gasteiger partial charge is 0.489 e. The van der Waals surface area contributed by atoms with Crippen LogP contribution in [0.5, 0.6) is 5.75 Å². The molecule has 0 bridgehead atoms. The maximum Gasteiger partial charge on any atom is 0.123 e. The lowest BCUT2D eigenvalue weighted by atomic mass is 10.0. The minimum atomic E-state index is 0.122. The van der Waals surface area contributed by atoms with Crippen molar-refractivity contribution in [3.8, 4) is 5.75 Å². The number of nitrogens with two attached hydrogens (primary N) is 1. The average Bonchev–Trinajstić information content (AvgIpc) is 2.46. The monoisotopic (exact) mass is 367 g/mol. The second-order valence-corrected chi connectivity index (χ2v) is 6.40. The molecular formula is C17H19BrClNO. The molecule has 1 unspecified atom stereocenters. The number of halogens is 2. The van der Waals surface area contributed by atoms with Gasteiger partial charge in [-0.2, -0.15) is 0 Å². The summed E-state index contributed by atoms with van der Waals surface area (Å²) in [4.78, 5) is 0. The summed E-state index contributed by atoms with van der Waals surface area (Å²) in [5.41, 5.74) is 8.22. The molecule has 0 radical (unpaired) electrons. The van der Waals surface area contributed by atoms with E-state index in [1.807, 2.05) is 42.5 Å². The molecule has 0 aliphatic carbocycles. The van der Waals surface area contributed by atoms with E-state index >= 15 is 0 Å². The third-order valence-corrected chi connectivity index (χ3v) is 4.04. The highest BCUT2D eigenvalue weighted by atomic mass is 79.9. The van der Waals surface area contributed by atoms with Gasteiger partial charge in [-0.05, 0) is 54.3 Å². The molecule has 0 heterocycles. The predicted molar refractivity (Wildman–Crippen MR) is 91.9 cm³/mol. The van der Waals surface area contributed by atoms with Gasteiger partial charge >= 0.3 is 0 Å². The highest BCUT2D eigenvalue weighted by Gasteiger charge is 2.09. The summed E-state index contributed by atoms with van der Waals surface area (Å²) < 4.78 is 6.99. The van der Waals surface area contributed by atoms with Gasteiger partial charge in [0.1, 0.15) is 12.4 Å². The van der Waals surface area contributed by atoms with Gasteiger partial charge in [0, 0.05) is 15.5 Å². The number of hydrogen-bond donors (Lipinski definition) is 1. The minimum absolute atomic E-state index is 0.122. The van der Waals surface area contributed by atoms with Gasteiger partial charge in [-0.1, -0.05) is 46.6 Å². The fourth-order valence-corrected chi connectivity index (χ4v) is 2.70. The average molecular weight is 369 g/mol. The summed E-state index contributed by atoms with van der Waals surface area (Å²) in [7, 11) is 0. The van der Waals surface area contributed by atoms with Crippen molar-refractivity contribution in [2.45, 2.75) is 32.4 Å². The van der Waals surface area contributed by atoms with Gasteiger partial charge in [0.05, 0.1) is 0 Å². The molecule has 2 rings (SSSR count). The van der Waals surface area contributed by atoms with Crippen LogP contribution >= 0.6 is 27.5 Å². The molecule has 112 valence electrons. The summed E-state index contributed by atoms with van der Waals surface area (Å²) in [6.07, 6.45) is 1.70. The van der Waals surface area contributed by atoms with Gasteiger partial charge in [0.2, 0.25) is 0 Å². The highest BCUT2D eigenvalue weighted by Crippen LogP contribution is 2.25. The van der Waals surface area contributed by atoms with Crippen molar-refractivity contribution >= 4 is 27.5 Å². The van der Waals surface area contributed by atoms with Gasteiger partial charge in [0.15, 0.2) is 0 Å². The second kappa shape index (κ2) is 7.83. The van der Waals surface area contributed by atoms with Crippen LogP contribution in [0.25, 0.3) is 0 Å². The van der Waals surface area contributed by atoms with Crippen molar-refractivity contribution in [1.82, 2.24) is 0 Å². The normalized spacial score (nSPS) is 12.2. The summed E-state index contributed by atoms with van der Waals surface area (Å²) in [6.45, 7) is 2.60. The Hall–Kier alpha value is -1.03. The first-order chi connectivity index (χ1) is 10.1. The van der Waals surface area contributed by atoms with E-state index in [1.165, 1.54) is 0 Å². The molecule has 0 saturated heterocycles. The maximum absolute atomic E-state index is 6.08. The van der Waals surface area contributed by atoms with Crippen molar-refractivity contribution in [2.75, 3.05) is 0 Å². The summed E-state index contributed by atoms with van der Waals surface area (Å²) in [6, 6.07) is 13.9. The van der Waals surface area contributed by atoms with Crippen LogP contribution in [0.15, 0.2) is 46.9 Å². The third-order valence-electron chi connectivity index (χ3n) is 3.31. The molecule has 4 heteroatoms. The molecule has 21 heavy (non-hydrogen) atoms. The van der Waals surface area contributed by atoms with E-state index in [4.69, 9.17) is 22.1 Å². The molecule has 0 aliphatic rings. The molecule has 0 fully saturated rings. The van der Waals surface area contributed by atoms with Crippen molar-refractivity contribution in [1.29, 1.82) is 0 Å². The standard InChI is InChI=1S/C17H19BrClNO/c1-2-16(20)10-13-9-15(19)6-7-17(13)21-11-12-4-3-5-14(18)8-12/h3-9,16H,2,10-11,20H2,1H3. The number of ether oxygens (including phenoxy) is 1. The Kier molecular flexibility index (Phi) is 6.09. The summed E-state index contributed by atoms with van der Waals surface area (Å²) in [5, 5.41) is 0.711. The predicted octanol–water partition coefficient (Wildman–Crippen LogP) is 4.96. The van der Waals surface area contributed by atoms with E-state index in [0.717, 1.165) is 34.2 Å². The number of hydrogen-bond acceptors (Lipinski definition) is 2. The van der Waals surface area contributed by atoms with Gasteiger partial charge in [-0.3, -0.25) is 0 Å². The molecule has 0 amide bonds. The third kappa shape index (κ3) is 5.03. The molecule has 2 aromatic carbocycles. The lowest BCUT2D eigenvalue weighted by molar-refractivity contribution is 0.302. The SMILES string of the molecule is CCC(N)Cc1cc(Cl)ccc1OCc1cccc(Br)c1. The van der Waals surface area contributed by atoms with E-state index in [9.17, 15) is 0 Å². The van der Waals surface area contributed by atoms with Crippen LogP contribution in [0.1, 0.15) is 24.5 Å². The van der Waals surface area contributed by atoms with Crippen LogP contribution in [0.2, 0.25) is 5.02 Å². The Morgan fingerprint density at radius 2 is 2.05 bits per heavy atom. The van der Waals surface area contributed by atoms with Crippen LogP contribution in [0, 0.1) is 0 Å². The highest BCUT2D eigenvalue weighted by molar-refractivity contribution is 9.10. The van der Waals surface area contributed by atoms with Crippen molar-refractivity contribution < 1.29 is 4.74 Å². The smallest absolute Gasteiger partial charge is 0.123 e. The van der Waals surface area contributed by atoms with E-state index < -0.39 is 0 Å². The topological polar surface area (TPSA) is 35.2 Å². The quantitative estimate of drug-likeness (QED) is 0.782.